The summed E-state index contributed by atoms with van der Waals surface area (Å²) in [5.74, 6) is 0.658. The summed E-state index contributed by atoms with van der Waals surface area (Å²) in [6.45, 7) is 2.17. The molecule has 0 aliphatic carbocycles. The largest absolute Gasteiger partial charge is 0.497 e. The number of carbonyl (C=O) groups excluding carboxylic acids is 1. The zero-order chi connectivity index (χ0) is 21.8. The number of carbonyl (C=O) groups is 1. The molecule has 31 heavy (non-hydrogen) atoms. The lowest BCUT2D eigenvalue weighted by molar-refractivity contribution is -0.135. The predicted molar refractivity (Wildman–Crippen MR) is 120 cm³/mol. The standard InChI is InChI=1S/C23H29N3O4S/c1-30-21-7-9-22(10-8-21)31(28,29)26-15-11-18(12-16-26)23(27)25-14-13-20(17-25)24-19-5-3-2-4-6-19/h2-10,18,20,24H,11-17H2,1H3. The van der Waals surface area contributed by atoms with Crippen LogP contribution in [0, 0.1) is 5.92 Å². The lowest BCUT2D eigenvalue weighted by Gasteiger charge is -2.32. The number of hydrogen-bond donors (Lipinski definition) is 1. The Bertz CT molecular complexity index is 987. The first-order chi connectivity index (χ1) is 15.0. The molecule has 2 heterocycles. The van der Waals surface area contributed by atoms with Gasteiger partial charge in [0.2, 0.25) is 15.9 Å². The summed E-state index contributed by atoms with van der Waals surface area (Å²) in [5.41, 5.74) is 1.07. The number of hydrogen-bond acceptors (Lipinski definition) is 5. The number of nitrogens with one attached hydrogen (secondary N) is 1. The number of piperidine rings is 1. The van der Waals surface area contributed by atoms with Gasteiger partial charge in [-0.3, -0.25) is 4.79 Å². The average molecular weight is 444 g/mol. The monoisotopic (exact) mass is 443 g/mol. The summed E-state index contributed by atoms with van der Waals surface area (Å²) in [4.78, 5) is 15.2. The highest BCUT2D eigenvalue weighted by Crippen LogP contribution is 2.27. The summed E-state index contributed by atoms with van der Waals surface area (Å²) in [6, 6.07) is 16.7. The third-order valence-corrected chi connectivity index (χ3v) is 8.06. The van der Waals surface area contributed by atoms with Gasteiger partial charge in [-0.2, -0.15) is 4.31 Å². The van der Waals surface area contributed by atoms with E-state index >= 15 is 0 Å². The van der Waals surface area contributed by atoms with Crippen molar-refractivity contribution in [3.05, 3.63) is 54.6 Å². The first-order valence-electron chi connectivity index (χ1n) is 10.7. The van der Waals surface area contributed by atoms with E-state index in [0.29, 0.717) is 38.2 Å². The van der Waals surface area contributed by atoms with E-state index in [1.807, 2.05) is 35.2 Å². The minimum absolute atomic E-state index is 0.113. The van der Waals surface area contributed by atoms with Gasteiger partial charge in [0.05, 0.1) is 12.0 Å². The number of amides is 1. The molecule has 2 saturated heterocycles. The molecule has 0 spiro atoms. The van der Waals surface area contributed by atoms with Crippen LogP contribution < -0.4 is 10.1 Å². The summed E-state index contributed by atoms with van der Waals surface area (Å²) in [7, 11) is -2.01. The molecule has 1 N–H and O–H groups in total. The summed E-state index contributed by atoms with van der Waals surface area (Å²) >= 11 is 0. The fourth-order valence-electron chi connectivity index (χ4n) is 4.35. The van der Waals surface area contributed by atoms with Gasteiger partial charge in [0.25, 0.3) is 0 Å². The zero-order valence-corrected chi connectivity index (χ0v) is 18.6. The van der Waals surface area contributed by atoms with Crippen LogP contribution >= 0.6 is 0 Å². The first-order valence-corrected chi connectivity index (χ1v) is 12.2. The second-order valence-corrected chi connectivity index (χ2v) is 10.1. The van der Waals surface area contributed by atoms with Gasteiger partial charge < -0.3 is 15.0 Å². The van der Waals surface area contributed by atoms with Gasteiger partial charge in [-0.25, -0.2) is 8.42 Å². The SMILES string of the molecule is COc1ccc(S(=O)(=O)N2CCC(C(=O)N3CCC(Nc4ccccc4)C3)CC2)cc1. The highest BCUT2D eigenvalue weighted by molar-refractivity contribution is 7.89. The molecule has 8 heteroatoms. The second kappa shape index (κ2) is 9.28. The molecule has 2 aliphatic heterocycles. The van der Waals surface area contributed by atoms with Crippen LogP contribution in [0.4, 0.5) is 5.69 Å². The number of ether oxygens (including phenoxy) is 1. The van der Waals surface area contributed by atoms with E-state index in [1.165, 1.54) is 4.31 Å². The van der Waals surface area contributed by atoms with Crippen molar-refractivity contribution in [2.75, 3.05) is 38.6 Å². The number of para-hydroxylation sites is 1. The van der Waals surface area contributed by atoms with E-state index in [9.17, 15) is 13.2 Å². The van der Waals surface area contributed by atoms with Crippen LogP contribution in [0.25, 0.3) is 0 Å². The number of methoxy groups -OCH3 is 1. The Hall–Kier alpha value is -2.58. The molecule has 4 rings (SSSR count). The molecule has 2 fully saturated rings. The topological polar surface area (TPSA) is 79.0 Å². The molecule has 2 aromatic rings. The summed E-state index contributed by atoms with van der Waals surface area (Å²) in [5, 5.41) is 3.49. The van der Waals surface area contributed by atoms with Gasteiger partial charge in [-0.05, 0) is 55.7 Å². The number of rotatable bonds is 6. The fourth-order valence-corrected chi connectivity index (χ4v) is 5.82. The summed E-state index contributed by atoms with van der Waals surface area (Å²) in [6.07, 6.45) is 2.04. The van der Waals surface area contributed by atoms with Gasteiger partial charge in [-0.15, -0.1) is 0 Å². The maximum Gasteiger partial charge on any atom is 0.243 e. The second-order valence-electron chi connectivity index (χ2n) is 8.13. The minimum Gasteiger partial charge on any atom is -0.497 e. The van der Waals surface area contributed by atoms with E-state index < -0.39 is 10.0 Å². The molecule has 0 saturated carbocycles. The van der Waals surface area contributed by atoms with E-state index in [2.05, 4.69) is 5.32 Å². The van der Waals surface area contributed by atoms with E-state index in [0.717, 1.165) is 18.7 Å². The van der Waals surface area contributed by atoms with Crippen molar-refractivity contribution in [3.63, 3.8) is 0 Å². The lowest BCUT2D eigenvalue weighted by Crippen LogP contribution is -2.44. The molecule has 2 aromatic carbocycles. The van der Waals surface area contributed by atoms with E-state index in [1.54, 1.807) is 31.4 Å². The molecule has 1 amide bonds. The molecule has 166 valence electrons. The minimum atomic E-state index is -3.56. The first kappa shape index (κ1) is 21.6. The Balaban J connectivity index is 1.30. The normalized spacial score (nSPS) is 20.5. The maximum absolute atomic E-state index is 13.0. The molecule has 1 unspecified atom stereocenters. The molecule has 2 aliphatic rings. The number of anilines is 1. The van der Waals surface area contributed by atoms with E-state index in [4.69, 9.17) is 4.74 Å². The number of benzene rings is 2. The molecule has 0 bridgehead atoms. The molecular formula is C23H29N3O4S. The number of nitrogens with zero attached hydrogens (tertiary/aromatic N) is 2. The van der Waals surface area contributed by atoms with Crippen molar-refractivity contribution < 1.29 is 17.9 Å². The zero-order valence-electron chi connectivity index (χ0n) is 17.7. The van der Waals surface area contributed by atoms with Gasteiger partial charge in [-0.1, -0.05) is 18.2 Å². The molecular weight excluding hydrogens is 414 g/mol. The van der Waals surface area contributed by atoms with Gasteiger partial charge in [0, 0.05) is 43.8 Å². The van der Waals surface area contributed by atoms with Crippen LogP contribution in [-0.2, 0) is 14.8 Å². The van der Waals surface area contributed by atoms with Crippen molar-refractivity contribution in [2.45, 2.75) is 30.2 Å². The van der Waals surface area contributed by atoms with Crippen molar-refractivity contribution in [3.8, 4) is 5.75 Å². The molecule has 0 radical (unpaired) electrons. The van der Waals surface area contributed by atoms with E-state index in [-0.39, 0.29) is 22.8 Å². The molecule has 1 atom stereocenters. The highest BCUT2D eigenvalue weighted by atomic mass is 32.2. The number of sulfonamides is 1. The fraction of sp³-hybridized carbons (Fsp3) is 0.435. The smallest absolute Gasteiger partial charge is 0.243 e. The van der Waals surface area contributed by atoms with Gasteiger partial charge in [0.1, 0.15) is 5.75 Å². The lowest BCUT2D eigenvalue weighted by atomic mass is 9.96. The Morgan fingerprint density at radius 1 is 0.968 bits per heavy atom. The summed E-state index contributed by atoms with van der Waals surface area (Å²) < 4.78 is 32.4. The Morgan fingerprint density at radius 2 is 1.65 bits per heavy atom. The van der Waals surface area contributed by atoms with Crippen LogP contribution in [0.2, 0.25) is 0 Å². The van der Waals surface area contributed by atoms with Gasteiger partial charge in [0.15, 0.2) is 0 Å². The van der Waals surface area contributed by atoms with Crippen LogP contribution in [-0.4, -0.2) is 62.9 Å². The quantitative estimate of drug-likeness (QED) is 0.743. The molecule has 7 nitrogen and oxygen atoms in total. The van der Waals surface area contributed by atoms with Crippen LogP contribution in [0.15, 0.2) is 59.5 Å². The maximum atomic E-state index is 13.0. The Kier molecular flexibility index (Phi) is 6.48. The van der Waals surface area contributed by atoms with Crippen LogP contribution in [0.5, 0.6) is 5.75 Å². The Labute approximate surface area is 184 Å². The highest BCUT2D eigenvalue weighted by Gasteiger charge is 2.36. The molecule has 0 aromatic heterocycles. The van der Waals surface area contributed by atoms with Crippen molar-refractivity contribution in [1.29, 1.82) is 0 Å². The van der Waals surface area contributed by atoms with Crippen molar-refractivity contribution in [1.82, 2.24) is 9.21 Å². The third-order valence-electron chi connectivity index (χ3n) is 6.14. The predicted octanol–water partition coefficient (Wildman–Crippen LogP) is 2.81. The van der Waals surface area contributed by atoms with Crippen LogP contribution in [0.3, 0.4) is 0 Å². The third kappa shape index (κ3) is 4.85. The van der Waals surface area contributed by atoms with Crippen molar-refractivity contribution in [2.24, 2.45) is 5.92 Å². The van der Waals surface area contributed by atoms with Crippen molar-refractivity contribution >= 4 is 21.6 Å². The average Bonchev–Trinajstić information content (AvgIpc) is 3.28. The van der Waals surface area contributed by atoms with Gasteiger partial charge >= 0.3 is 0 Å². The Morgan fingerprint density at radius 3 is 2.29 bits per heavy atom. The number of likely N-dealkylation sites (tertiary alicyclic amines) is 1. The van der Waals surface area contributed by atoms with Crippen LogP contribution in [0.1, 0.15) is 19.3 Å².